The van der Waals surface area contributed by atoms with Crippen LogP contribution in [0.4, 0.5) is 0 Å². The van der Waals surface area contributed by atoms with Gasteiger partial charge in [0.2, 0.25) is 0 Å². The van der Waals surface area contributed by atoms with Crippen molar-refractivity contribution in [3.63, 3.8) is 0 Å². The zero-order valence-corrected chi connectivity index (χ0v) is 10.2. The fourth-order valence-corrected chi connectivity index (χ4v) is 1.93. The molecule has 17 heavy (non-hydrogen) atoms. The molecule has 0 saturated carbocycles. The van der Waals surface area contributed by atoms with Gasteiger partial charge in [-0.3, -0.25) is 0 Å². The van der Waals surface area contributed by atoms with Crippen LogP contribution >= 0.6 is 11.6 Å². The number of benzene rings is 2. The van der Waals surface area contributed by atoms with Crippen molar-refractivity contribution < 1.29 is 9.84 Å². The number of halogens is 1. The van der Waals surface area contributed by atoms with E-state index >= 15 is 0 Å². The molecule has 3 heteroatoms. The molecule has 1 N–H and O–H groups in total. The second-order valence-corrected chi connectivity index (χ2v) is 4.25. The van der Waals surface area contributed by atoms with Gasteiger partial charge in [-0.1, -0.05) is 29.8 Å². The van der Waals surface area contributed by atoms with Crippen LogP contribution in [0.25, 0.3) is 0 Å². The predicted octanol–water partition coefficient (Wildman–Crippen LogP) is 3.65. The topological polar surface area (TPSA) is 29.5 Å². The van der Waals surface area contributed by atoms with Gasteiger partial charge in [-0.15, -0.1) is 0 Å². The molecule has 2 nitrogen and oxygen atoms in total. The standard InChI is InChI=1S/C14H13ClO2/c1-17-14-9-11(5-6-13(14)16)7-10-3-2-4-12(15)8-10/h2-6,8-9,16H,7H2,1H3. The van der Waals surface area contributed by atoms with Crippen LogP contribution in [0, 0.1) is 0 Å². The van der Waals surface area contributed by atoms with Crippen molar-refractivity contribution in [2.75, 3.05) is 7.11 Å². The van der Waals surface area contributed by atoms with Gasteiger partial charge < -0.3 is 9.84 Å². The van der Waals surface area contributed by atoms with Crippen molar-refractivity contribution >= 4 is 11.6 Å². The minimum absolute atomic E-state index is 0.155. The Bertz CT molecular complexity index is 523. The summed E-state index contributed by atoms with van der Waals surface area (Å²) >= 11 is 5.93. The normalized spacial score (nSPS) is 10.2. The maximum atomic E-state index is 9.50. The average molecular weight is 249 g/mol. The molecule has 0 radical (unpaired) electrons. The number of phenols is 1. The first-order chi connectivity index (χ1) is 8.19. The highest BCUT2D eigenvalue weighted by Crippen LogP contribution is 2.27. The van der Waals surface area contributed by atoms with E-state index in [2.05, 4.69) is 0 Å². The molecule has 0 aliphatic carbocycles. The van der Waals surface area contributed by atoms with Gasteiger partial charge in [0, 0.05) is 5.02 Å². The smallest absolute Gasteiger partial charge is 0.160 e. The summed E-state index contributed by atoms with van der Waals surface area (Å²) in [6.45, 7) is 0. The number of rotatable bonds is 3. The van der Waals surface area contributed by atoms with Gasteiger partial charge in [-0.25, -0.2) is 0 Å². The Labute approximate surface area is 105 Å². The van der Waals surface area contributed by atoms with Gasteiger partial charge in [-0.05, 0) is 41.8 Å². The van der Waals surface area contributed by atoms with Crippen molar-refractivity contribution in [3.8, 4) is 11.5 Å². The molecular weight excluding hydrogens is 236 g/mol. The van der Waals surface area contributed by atoms with E-state index in [9.17, 15) is 5.11 Å². The average Bonchev–Trinajstić information content (AvgIpc) is 2.32. The minimum atomic E-state index is 0.155. The van der Waals surface area contributed by atoms with Gasteiger partial charge in [0.05, 0.1) is 7.11 Å². The minimum Gasteiger partial charge on any atom is -0.504 e. The number of hydrogen-bond acceptors (Lipinski definition) is 2. The van der Waals surface area contributed by atoms with Crippen LogP contribution in [0.5, 0.6) is 11.5 Å². The first-order valence-electron chi connectivity index (χ1n) is 5.29. The van der Waals surface area contributed by atoms with Gasteiger partial charge in [0.1, 0.15) is 0 Å². The van der Waals surface area contributed by atoms with Gasteiger partial charge in [0.25, 0.3) is 0 Å². The maximum Gasteiger partial charge on any atom is 0.160 e. The number of hydrogen-bond donors (Lipinski definition) is 1. The zero-order valence-electron chi connectivity index (χ0n) is 9.48. The van der Waals surface area contributed by atoms with Gasteiger partial charge >= 0.3 is 0 Å². The Morgan fingerprint density at radius 3 is 2.59 bits per heavy atom. The third-order valence-electron chi connectivity index (χ3n) is 2.54. The molecule has 0 spiro atoms. The summed E-state index contributed by atoms with van der Waals surface area (Å²) in [5.41, 5.74) is 2.20. The Balaban J connectivity index is 2.24. The Hall–Kier alpha value is -1.67. The first-order valence-corrected chi connectivity index (χ1v) is 5.67. The van der Waals surface area contributed by atoms with Crippen molar-refractivity contribution in [1.29, 1.82) is 0 Å². The summed E-state index contributed by atoms with van der Waals surface area (Å²) in [5.74, 6) is 0.645. The second kappa shape index (κ2) is 5.11. The number of methoxy groups -OCH3 is 1. The fraction of sp³-hybridized carbons (Fsp3) is 0.143. The summed E-state index contributed by atoms with van der Waals surface area (Å²) < 4.78 is 5.07. The summed E-state index contributed by atoms with van der Waals surface area (Å²) in [6.07, 6.45) is 0.761. The lowest BCUT2D eigenvalue weighted by molar-refractivity contribution is 0.373. The Morgan fingerprint density at radius 1 is 1.12 bits per heavy atom. The van der Waals surface area contributed by atoms with Crippen molar-refractivity contribution in [2.24, 2.45) is 0 Å². The maximum absolute atomic E-state index is 9.50. The number of aromatic hydroxyl groups is 1. The molecule has 0 atom stereocenters. The van der Waals surface area contributed by atoms with E-state index < -0.39 is 0 Å². The van der Waals surface area contributed by atoms with Crippen LogP contribution in [0.3, 0.4) is 0 Å². The van der Waals surface area contributed by atoms with Crippen molar-refractivity contribution in [2.45, 2.75) is 6.42 Å². The lowest BCUT2D eigenvalue weighted by atomic mass is 10.0. The van der Waals surface area contributed by atoms with E-state index in [1.807, 2.05) is 36.4 Å². The van der Waals surface area contributed by atoms with Crippen LogP contribution in [0.2, 0.25) is 5.02 Å². The van der Waals surface area contributed by atoms with Crippen molar-refractivity contribution in [1.82, 2.24) is 0 Å². The van der Waals surface area contributed by atoms with Crippen LogP contribution < -0.4 is 4.74 Å². The first kappa shape index (κ1) is 11.8. The lowest BCUT2D eigenvalue weighted by Crippen LogP contribution is -1.90. The predicted molar refractivity (Wildman–Crippen MR) is 68.9 cm³/mol. The third-order valence-corrected chi connectivity index (χ3v) is 2.78. The molecule has 0 bridgehead atoms. The lowest BCUT2D eigenvalue weighted by Gasteiger charge is -2.07. The second-order valence-electron chi connectivity index (χ2n) is 3.81. The molecule has 0 aliphatic heterocycles. The molecule has 0 aliphatic rings. The monoisotopic (exact) mass is 248 g/mol. The fourth-order valence-electron chi connectivity index (χ4n) is 1.71. The van der Waals surface area contributed by atoms with E-state index in [0.717, 1.165) is 22.6 Å². The van der Waals surface area contributed by atoms with Crippen LogP contribution in [0.1, 0.15) is 11.1 Å². The molecule has 2 aromatic rings. The number of phenolic OH excluding ortho intramolecular Hbond substituents is 1. The van der Waals surface area contributed by atoms with E-state index in [1.54, 1.807) is 6.07 Å². The van der Waals surface area contributed by atoms with E-state index in [4.69, 9.17) is 16.3 Å². The Kier molecular flexibility index (Phi) is 3.55. The Morgan fingerprint density at radius 2 is 1.88 bits per heavy atom. The molecule has 0 amide bonds. The molecule has 2 rings (SSSR count). The number of ether oxygens (including phenoxy) is 1. The highest BCUT2D eigenvalue weighted by Gasteiger charge is 2.03. The summed E-state index contributed by atoms with van der Waals surface area (Å²) in [4.78, 5) is 0. The van der Waals surface area contributed by atoms with E-state index in [-0.39, 0.29) is 5.75 Å². The van der Waals surface area contributed by atoms with Crippen LogP contribution in [-0.4, -0.2) is 12.2 Å². The molecule has 0 saturated heterocycles. The molecule has 2 aromatic carbocycles. The summed E-state index contributed by atoms with van der Waals surface area (Å²) in [7, 11) is 1.54. The molecule has 0 unspecified atom stereocenters. The molecule has 0 heterocycles. The summed E-state index contributed by atoms with van der Waals surface area (Å²) in [5, 5.41) is 10.2. The highest BCUT2D eigenvalue weighted by molar-refractivity contribution is 6.30. The van der Waals surface area contributed by atoms with Crippen LogP contribution in [0.15, 0.2) is 42.5 Å². The molecule has 0 aromatic heterocycles. The van der Waals surface area contributed by atoms with E-state index in [0.29, 0.717) is 5.75 Å². The molecule has 88 valence electrons. The quantitative estimate of drug-likeness (QED) is 0.899. The van der Waals surface area contributed by atoms with Crippen molar-refractivity contribution in [3.05, 3.63) is 58.6 Å². The third kappa shape index (κ3) is 2.92. The van der Waals surface area contributed by atoms with Gasteiger partial charge in [0.15, 0.2) is 11.5 Å². The highest BCUT2D eigenvalue weighted by atomic mass is 35.5. The summed E-state index contributed by atoms with van der Waals surface area (Å²) in [6, 6.07) is 13.1. The largest absolute Gasteiger partial charge is 0.504 e. The molecular formula is C14H13ClO2. The van der Waals surface area contributed by atoms with Crippen LogP contribution in [-0.2, 0) is 6.42 Å². The van der Waals surface area contributed by atoms with E-state index in [1.165, 1.54) is 7.11 Å². The zero-order chi connectivity index (χ0) is 12.3. The molecule has 0 fully saturated rings. The SMILES string of the molecule is COc1cc(Cc2cccc(Cl)c2)ccc1O. The van der Waals surface area contributed by atoms with Gasteiger partial charge in [-0.2, -0.15) is 0 Å².